The van der Waals surface area contributed by atoms with Crippen LogP contribution in [-0.4, -0.2) is 47.3 Å². The Morgan fingerprint density at radius 1 is 0.906 bits per heavy atom. The second kappa shape index (κ2) is 11.1. The molecule has 0 spiro atoms. The minimum Gasteiger partial charge on any atom is -0.343 e. The van der Waals surface area contributed by atoms with Crippen LogP contribution in [0.25, 0.3) is 0 Å². The predicted octanol–water partition coefficient (Wildman–Crippen LogP) is 2.52. The highest BCUT2D eigenvalue weighted by Crippen LogP contribution is 2.24. The number of hydrogen-bond donors (Lipinski definition) is 3. The van der Waals surface area contributed by atoms with Gasteiger partial charge in [-0.1, -0.05) is 60.7 Å². The zero-order chi connectivity index (χ0) is 23.1. The van der Waals surface area contributed by atoms with Gasteiger partial charge in [0.25, 0.3) is 0 Å². The van der Waals surface area contributed by atoms with Gasteiger partial charge in [0, 0.05) is 6.54 Å². The van der Waals surface area contributed by atoms with Crippen molar-refractivity contribution in [2.75, 3.05) is 6.54 Å². The maximum absolute atomic E-state index is 13.3. The summed E-state index contributed by atoms with van der Waals surface area (Å²) in [6.45, 7) is 3.69. The number of rotatable bonds is 8. The van der Waals surface area contributed by atoms with Crippen LogP contribution < -0.4 is 15.5 Å². The van der Waals surface area contributed by atoms with Crippen LogP contribution in [0, 0.1) is 0 Å². The normalized spacial score (nSPS) is 17.6. The van der Waals surface area contributed by atoms with E-state index in [4.69, 9.17) is 11.8 Å². The molecule has 8 heteroatoms. The van der Waals surface area contributed by atoms with E-state index in [9.17, 15) is 14.4 Å². The van der Waals surface area contributed by atoms with E-state index in [0.29, 0.717) is 13.0 Å². The summed E-state index contributed by atoms with van der Waals surface area (Å²) in [5, 5.41) is 5.79. The highest BCUT2D eigenvalue weighted by molar-refractivity contribution is 6.15. The van der Waals surface area contributed by atoms with Gasteiger partial charge in [-0.05, 0) is 49.6 Å². The van der Waals surface area contributed by atoms with Gasteiger partial charge in [-0.2, -0.15) is 0 Å². The van der Waals surface area contributed by atoms with Gasteiger partial charge < -0.3 is 15.5 Å². The molecule has 170 valence electrons. The first-order valence-electron chi connectivity index (χ1n) is 10.8. The molecule has 3 N–H and O–H groups in total. The molecule has 32 heavy (non-hydrogen) atoms. The number of nitrogens with one attached hydrogen (secondary N) is 3. The van der Waals surface area contributed by atoms with Crippen molar-refractivity contribution in [3.05, 3.63) is 71.8 Å². The third-order valence-electron chi connectivity index (χ3n) is 5.68. The summed E-state index contributed by atoms with van der Waals surface area (Å²) in [5.74, 6) is -0.870. The molecular weight excluding hydrogens is 428 g/mol. The Balaban J connectivity index is 1.73. The van der Waals surface area contributed by atoms with Gasteiger partial charge in [0.2, 0.25) is 17.7 Å². The van der Waals surface area contributed by atoms with Crippen molar-refractivity contribution >= 4 is 29.5 Å². The fraction of sp³-hybridized carbons (Fsp3) is 0.375. The Bertz CT molecular complexity index is 886. The topological polar surface area (TPSA) is 90.5 Å². The third-order valence-corrected chi connectivity index (χ3v) is 6.00. The molecule has 1 aliphatic heterocycles. The van der Waals surface area contributed by atoms with E-state index in [-0.39, 0.29) is 23.8 Å². The van der Waals surface area contributed by atoms with Crippen molar-refractivity contribution in [3.8, 4) is 0 Å². The highest BCUT2D eigenvalue weighted by Gasteiger charge is 2.37. The first kappa shape index (κ1) is 23.8. The standard InChI is InChI=1S/C24H29ClN4O3/c1-16(28-25)22(30)26-17(2)24(32)29-15-9-14-20(29)23(31)27-21(18-10-5-3-6-11-18)19-12-7-4-8-13-19/h3-8,10-13,16-17,20-21,28H,9,14-15H2,1-2H3,(H,26,30)(H,27,31)/t16?,17-,20?/m0/s1. The Hall–Kier alpha value is -2.90. The monoisotopic (exact) mass is 456 g/mol. The van der Waals surface area contributed by atoms with E-state index in [1.165, 1.54) is 0 Å². The molecule has 2 aromatic carbocycles. The minimum absolute atomic E-state index is 0.206. The molecule has 0 radical (unpaired) electrons. The molecule has 0 aliphatic carbocycles. The maximum atomic E-state index is 13.3. The van der Waals surface area contributed by atoms with E-state index in [1.54, 1.807) is 18.7 Å². The summed E-state index contributed by atoms with van der Waals surface area (Å²) in [5.41, 5.74) is 1.93. The number of benzene rings is 2. The quantitative estimate of drug-likeness (QED) is 0.532. The number of hydrogen-bond acceptors (Lipinski definition) is 4. The van der Waals surface area contributed by atoms with Crippen LogP contribution in [-0.2, 0) is 14.4 Å². The fourth-order valence-corrected chi connectivity index (χ4v) is 3.99. The van der Waals surface area contributed by atoms with Crippen molar-refractivity contribution in [3.63, 3.8) is 0 Å². The third kappa shape index (κ3) is 5.66. The van der Waals surface area contributed by atoms with E-state index in [0.717, 1.165) is 17.5 Å². The molecule has 2 unspecified atom stereocenters. The van der Waals surface area contributed by atoms with Gasteiger partial charge in [0.05, 0.1) is 12.1 Å². The number of nitrogens with zero attached hydrogens (tertiary/aromatic N) is 1. The molecule has 0 aromatic heterocycles. The zero-order valence-electron chi connectivity index (χ0n) is 18.3. The van der Waals surface area contributed by atoms with Gasteiger partial charge in [-0.3, -0.25) is 14.4 Å². The second-order valence-electron chi connectivity index (χ2n) is 8.01. The van der Waals surface area contributed by atoms with Crippen LogP contribution in [0.4, 0.5) is 0 Å². The van der Waals surface area contributed by atoms with Gasteiger partial charge in [-0.25, -0.2) is 4.84 Å². The van der Waals surface area contributed by atoms with Crippen molar-refractivity contribution in [2.24, 2.45) is 0 Å². The molecular formula is C24H29ClN4O3. The lowest BCUT2D eigenvalue weighted by atomic mass is 9.98. The predicted molar refractivity (Wildman–Crippen MR) is 124 cm³/mol. The van der Waals surface area contributed by atoms with Crippen LogP contribution in [0.3, 0.4) is 0 Å². The van der Waals surface area contributed by atoms with Crippen molar-refractivity contribution in [1.29, 1.82) is 0 Å². The molecule has 1 aliphatic rings. The van der Waals surface area contributed by atoms with Gasteiger partial charge in [0.15, 0.2) is 0 Å². The summed E-state index contributed by atoms with van der Waals surface area (Å²) in [7, 11) is 0. The van der Waals surface area contributed by atoms with Gasteiger partial charge in [-0.15, -0.1) is 0 Å². The Labute approximate surface area is 193 Å². The summed E-state index contributed by atoms with van der Waals surface area (Å²) < 4.78 is 0. The summed E-state index contributed by atoms with van der Waals surface area (Å²) in [4.78, 5) is 42.3. The number of halogens is 1. The molecule has 0 bridgehead atoms. The molecule has 7 nitrogen and oxygen atoms in total. The average molecular weight is 457 g/mol. The first-order valence-corrected chi connectivity index (χ1v) is 11.2. The molecule has 0 saturated carbocycles. The lowest BCUT2D eigenvalue weighted by Gasteiger charge is -2.29. The SMILES string of the molecule is CC(NCl)C(=O)N[C@@H](C)C(=O)N1CCCC1C(=O)NC(c1ccccc1)c1ccccc1. The van der Waals surface area contributed by atoms with Gasteiger partial charge in [0.1, 0.15) is 12.1 Å². The lowest BCUT2D eigenvalue weighted by Crippen LogP contribution is -2.54. The van der Waals surface area contributed by atoms with Crippen LogP contribution in [0.1, 0.15) is 43.9 Å². The number of amides is 3. The molecule has 1 saturated heterocycles. The summed E-state index contributed by atoms with van der Waals surface area (Å²) >= 11 is 5.49. The fourth-order valence-electron chi connectivity index (χ4n) is 3.89. The van der Waals surface area contributed by atoms with E-state index in [2.05, 4.69) is 15.5 Å². The molecule has 2 aromatic rings. The van der Waals surface area contributed by atoms with E-state index >= 15 is 0 Å². The summed E-state index contributed by atoms with van der Waals surface area (Å²) in [6, 6.07) is 17.2. The van der Waals surface area contributed by atoms with Crippen LogP contribution in [0.5, 0.6) is 0 Å². The molecule has 1 fully saturated rings. The Kier molecular flexibility index (Phi) is 8.25. The average Bonchev–Trinajstić information content (AvgIpc) is 3.32. The lowest BCUT2D eigenvalue weighted by molar-refractivity contribution is -0.141. The van der Waals surface area contributed by atoms with Gasteiger partial charge >= 0.3 is 0 Å². The minimum atomic E-state index is -0.762. The second-order valence-corrected chi connectivity index (χ2v) is 8.23. The smallest absolute Gasteiger partial charge is 0.245 e. The zero-order valence-corrected chi connectivity index (χ0v) is 19.0. The van der Waals surface area contributed by atoms with Crippen molar-refractivity contribution in [2.45, 2.75) is 50.9 Å². The maximum Gasteiger partial charge on any atom is 0.245 e. The van der Waals surface area contributed by atoms with Crippen LogP contribution >= 0.6 is 11.8 Å². The van der Waals surface area contributed by atoms with Crippen molar-refractivity contribution in [1.82, 2.24) is 20.4 Å². The Morgan fingerprint density at radius 3 is 2.00 bits per heavy atom. The molecule has 3 atom stereocenters. The van der Waals surface area contributed by atoms with E-state index in [1.807, 2.05) is 60.7 Å². The Morgan fingerprint density at radius 2 is 1.47 bits per heavy atom. The number of likely N-dealkylation sites (tertiary alicyclic amines) is 1. The van der Waals surface area contributed by atoms with Crippen molar-refractivity contribution < 1.29 is 14.4 Å². The summed E-state index contributed by atoms with van der Waals surface area (Å²) in [6.07, 6.45) is 1.31. The molecule has 3 rings (SSSR count). The van der Waals surface area contributed by atoms with Crippen LogP contribution in [0.15, 0.2) is 60.7 Å². The highest BCUT2D eigenvalue weighted by atomic mass is 35.5. The molecule has 1 heterocycles. The van der Waals surface area contributed by atoms with E-state index < -0.39 is 18.1 Å². The largest absolute Gasteiger partial charge is 0.343 e. The first-order chi connectivity index (χ1) is 15.4. The number of carbonyl (C=O) groups is 3. The van der Waals surface area contributed by atoms with Crippen LogP contribution in [0.2, 0.25) is 0 Å². The molecule has 3 amide bonds. The number of carbonyl (C=O) groups excluding carboxylic acids is 3.